The van der Waals surface area contributed by atoms with Crippen LogP contribution in [0, 0.1) is 5.92 Å². The summed E-state index contributed by atoms with van der Waals surface area (Å²) in [5.74, 6) is 1.14. The zero-order valence-corrected chi connectivity index (χ0v) is 24.6. The molecular formula is C30H36F3N7O3. The Hall–Kier alpha value is -4.13. The molecule has 1 aliphatic rings. The summed E-state index contributed by atoms with van der Waals surface area (Å²) in [6.45, 7) is 5.80. The molecule has 0 unspecified atom stereocenters. The van der Waals surface area contributed by atoms with E-state index in [1.807, 2.05) is 29.8 Å². The molecule has 1 saturated carbocycles. The highest BCUT2D eigenvalue weighted by Gasteiger charge is 2.35. The van der Waals surface area contributed by atoms with Gasteiger partial charge in [0.15, 0.2) is 0 Å². The first-order valence-corrected chi connectivity index (χ1v) is 14.3. The maximum absolute atomic E-state index is 14.2. The molecule has 0 radical (unpaired) electrons. The van der Waals surface area contributed by atoms with Crippen molar-refractivity contribution in [2.24, 2.45) is 13.0 Å². The summed E-state index contributed by atoms with van der Waals surface area (Å²) >= 11 is 0. The lowest BCUT2D eigenvalue weighted by Gasteiger charge is -2.33. The Kier molecular flexibility index (Phi) is 8.37. The number of carbonyl (C=O) groups excluding carboxylic acids is 1. The number of rotatable bonds is 9. The van der Waals surface area contributed by atoms with Gasteiger partial charge in [0.1, 0.15) is 17.8 Å². The molecular weight excluding hydrogens is 563 g/mol. The highest BCUT2D eigenvalue weighted by Crippen LogP contribution is 2.43. The van der Waals surface area contributed by atoms with Crippen LogP contribution in [0.5, 0.6) is 0 Å². The lowest BCUT2D eigenvalue weighted by molar-refractivity contribution is -0.136. The van der Waals surface area contributed by atoms with E-state index in [9.17, 15) is 22.8 Å². The zero-order valence-electron chi connectivity index (χ0n) is 24.6. The molecule has 5 rings (SSSR count). The standard InChI is InChI=1S/C30H36F3N7O3/c1-29(2,3)43-27(41)35-12-11-34-15-19-13-23(30(31,32)33)24-17-39(28(42)40(24)16-19)22-10-6-9-21(14-22)25(20-7-5-8-20)26-37-36-18-38(26)4/h6,9-10,13-14,16-18,20,25,34H,5,7-8,11-12,15H2,1-4H3,(H,35,41)/t25-/m1/s1. The summed E-state index contributed by atoms with van der Waals surface area (Å²) < 4.78 is 51.9. The van der Waals surface area contributed by atoms with Crippen LogP contribution in [-0.2, 0) is 24.5 Å². The number of ether oxygens (including phenoxy) is 1. The van der Waals surface area contributed by atoms with Gasteiger partial charge in [0, 0.05) is 45.0 Å². The molecule has 3 heterocycles. The molecule has 1 atom stereocenters. The van der Waals surface area contributed by atoms with Gasteiger partial charge in [-0.3, -0.25) is 8.97 Å². The molecule has 4 aromatic rings. The average Bonchev–Trinajstić information content (AvgIpc) is 3.46. The smallest absolute Gasteiger partial charge is 0.418 e. The minimum atomic E-state index is -4.68. The van der Waals surface area contributed by atoms with Gasteiger partial charge in [-0.15, -0.1) is 10.2 Å². The maximum Gasteiger partial charge on any atom is 0.418 e. The van der Waals surface area contributed by atoms with Gasteiger partial charge in [-0.2, -0.15) is 13.2 Å². The first-order valence-electron chi connectivity index (χ1n) is 14.3. The number of imidazole rings is 1. The summed E-state index contributed by atoms with van der Waals surface area (Å²) in [7, 11) is 1.89. The molecule has 0 bridgehead atoms. The first-order chi connectivity index (χ1) is 20.3. The van der Waals surface area contributed by atoms with E-state index in [-0.39, 0.29) is 36.6 Å². The largest absolute Gasteiger partial charge is 0.444 e. The Labute approximate surface area is 246 Å². The number of aryl methyl sites for hydroxylation is 1. The molecule has 10 nitrogen and oxygen atoms in total. The van der Waals surface area contributed by atoms with E-state index in [0.29, 0.717) is 11.6 Å². The lowest BCUT2D eigenvalue weighted by atomic mass is 9.72. The minimum Gasteiger partial charge on any atom is -0.444 e. The molecule has 0 saturated heterocycles. The second kappa shape index (κ2) is 11.9. The molecule has 3 aromatic heterocycles. The van der Waals surface area contributed by atoms with E-state index in [1.54, 1.807) is 33.2 Å². The second-order valence-corrected chi connectivity index (χ2v) is 12.0. The third kappa shape index (κ3) is 6.76. The second-order valence-electron chi connectivity index (χ2n) is 12.0. The number of hydrogen-bond acceptors (Lipinski definition) is 6. The molecule has 0 spiro atoms. The number of alkyl carbamates (subject to hydrolysis) is 1. The molecule has 1 aromatic carbocycles. The number of hydrogen-bond donors (Lipinski definition) is 2. The van der Waals surface area contributed by atoms with Crippen LogP contribution in [0.15, 0.2) is 53.8 Å². The predicted octanol–water partition coefficient (Wildman–Crippen LogP) is 4.78. The average molecular weight is 600 g/mol. The number of pyridine rings is 1. The van der Waals surface area contributed by atoms with Gasteiger partial charge in [-0.25, -0.2) is 9.59 Å². The molecule has 1 aliphatic carbocycles. The van der Waals surface area contributed by atoms with Crippen LogP contribution in [0.4, 0.5) is 18.0 Å². The highest BCUT2D eigenvalue weighted by molar-refractivity contribution is 5.67. The molecule has 1 fully saturated rings. The van der Waals surface area contributed by atoms with Crippen molar-refractivity contribution < 1.29 is 22.7 Å². The highest BCUT2D eigenvalue weighted by atomic mass is 19.4. The van der Waals surface area contributed by atoms with E-state index in [4.69, 9.17) is 4.74 Å². The van der Waals surface area contributed by atoms with Crippen LogP contribution in [0.25, 0.3) is 11.2 Å². The molecule has 2 N–H and O–H groups in total. The molecule has 13 heteroatoms. The lowest BCUT2D eigenvalue weighted by Crippen LogP contribution is -2.36. The van der Waals surface area contributed by atoms with Gasteiger partial charge in [0.05, 0.1) is 16.8 Å². The van der Waals surface area contributed by atoms with E-state index >= 15 is 0 Å². The zero-order chi connectivity index (χ0) is 30.9. The van der Waals surface area contributed by atoms with Gasteiger partial charge in [-0.05, 0) is 68.9 Å². The fourth-order valence-corrected chi connectivity index (χ4v) is 5.40. The maximum atomic E-state index is 14.2. The minimum absolute atomic E-state index is 0.0397. The van der Waals surface area contributed by atoms with Gasteiger partial charge >= 0.3 is 18.0 Å². The van der Waals surface area contributed by atoms with Crippen molar-refractivity contribution in [2.75, 3.05) is 13.1 Å². The Balaban J connectivity index is 1.41. The van der Waals surface area contributed by atoms with Crippen molar-refractivity contribution in [3.63, 3.8) is 0 Å². The number of amides is 1. The molecule has 230 valence electrons. The van der Waals surface area contributed by atoms with Crippen molar-refractivity contribution in [3.8, 4) is 5.69 Å². The van der Waals surface area contributed by atoms with Crippen LogP contribution in [0.2, 0.25) is 0 Å². The van der Waals surface area contributed by atoms with E-state index in [2.05, 4.69) is 20.8 Å². The number of nitrogens with one attached hydrogen (secondary N) is 2. The Morgan fingerprint density at radius 3 is 2.53 bits per heavy atom. The van der Waals surface area contributed by atoms with Crippen molar-refractivity contribution >= 4 is 11.6 Å². The van der Waals surface area contributed by atoms with Crippen LogP contribution >= 0.6 is 0 Å². The van der Waals surface area contributed by atoms with Crippen LogP contribution < -0.4 is 16.3 Å². The normalized spacial score (nSPS) is 15.0. The monoisotopic (exact) mass is 599 g/mol. The number of benzene rings is 1. The van der Waals surface area contributed by atoms with Crippen molar-refractivity contribution in [1.29, 1.82) is 0 Å². The number of alkyl halides is 3. The van der Waals surface area contributed by atoms with Crippen LogP contribution in [0.1, 0.15) is 68.5 Å². The third-order valence-electron chi connectivity index (χ3n) is 7.58. The van der Waals surface area contributed by atoms with E-state index in [1.165, 1.54) is 17.0 Å². The number of nitrogens with zero attached hydrogens (tertiary/aromatic N) is 5. The SMILES string of the molecule is Cn1cnnc1[C@@H](c1cccc(-n2cc3c(C(F)(F)F)cc(CNCCNC(=O)OC(C)(C)C)cn3c2=O)c1)C1CCC1. The van der Waals surface area contributed by atoms with Gasteiger partial charge in [-0.1, -0.05) is 18.6 Å². The summed E-state index contributed by atoms with van der Waals surface area (Å²) in [5, 5.41) is 14.0. The number of halogens is 3. The van der Waals surface area contributed by atoms with Crippen molar-refractivity contribution in [2.45, 2.75) is 64.3 Å². The fourth-order valence-electron chi connectivity index (χ4n) is 5.40. The van der Waals surface area contributed by atoms with Crippen LogP contribution in [-0.4, -0.2) is 48.5 Å². The van der Waals surface area contributed by atoms with Gasteiger partial charge in [0.25, 0.3) is 0 Å². The fraction of sp³-hybridized carbons (Fsp3) is 0.467. The van der Waals surface area contributed by atoms with Gasteiger partial charge in [0.2, 0.25) is 0 Å². The molecule has 43 heavy (non-hydrogen) atoms. The number of aromatic nitrogens is 5. The summed E-state index contributed by atoms with van der Waals surface area (Å²) in [6, 6.07) is 8.39. The number of fused-ring (bicyclic) bond motifs is 1. The first kappa shape index (κ1) is 30.3. The summed E-state index contributed by atoms with van der Waals surface area (Å²) in [5.41, 5.74) is -0.706. The Morgan fingerprint density at radius 2 is 1.91 bits per heavy atom. The van der Waals surface area contributed by atoms with Crippen LogP contribution in [0.3, 0.4) is 0 Å². The van der Waals surface area contributed by atoms with Crippen molar-refractivity contribution in [1.82, 2.24) is 34.4 Å². The van der Waals surface area contributed by atoms with E-state index in [0.717, 1.165) is 41.1 Å². The summed E-state index contributed by atoms with van der Waals surface area (Å²) in [4.78, 5) is 25.3. The molecule has 0 aliphatic heterocycles. The third-order valence-corrected chi connectivity index (χ3v) is 7.58. The van der Waals surface area contributed by atoms with Gasteiger partial charge < -0.3 is 19.9 Å². The number of carbonyl (C=O) groups is 1. The predicted molar refractivity (Wildman–Crippen MR) is 154 cm³/mol. The quantitative estimate of drug-likeness (QED) is 0.268. The topological polar surface area (TPSA) is 107 Å². The Bertz CT molecular complexity index is 1660. The summed E-state index contributed by atoms with van der Waals surface area (Å²) in [6.07, 6.45) is 2.26. The van der Waals surface area contributed by atoms with Crippen molar-refractivity contribution in [3.05, 3.63) is 82.1 Å². The molecule has 1 amide bonds. The van der Waals surface area contributed by atoms with E-state index < -0.39 is 29.1 Å². The Morgan fingerprint density at radius 1 is 1.14 bits per heavy atom.